The summed E-state index contributed by atoms with van der Waals surface area (Å²) >= 11 is 0. The third kappa shape index (κ3) is 4.03. The Labute approximate surface area is 185 Å². The van der Waals surface area contributed by atoms with Crippen molar-refractivity contribution in [1.82, 2.24) is 5.32 Å². The van der Waals surface area contributed by atoms with E-state index in [4.69, 9.17) is 9.47 Å². The van der Waals surface area contributed by atoms with E-state index in [1.807, 2.05) is 6.07 Å². The Morgan fingerprint density at radius 1 is 1.09 bits per heavy atom. The summed E-state index contributed by atoms with van der Waals surface area (Å²) in [5, 5.41) is 23.5. The molecule has 10 heteroatoms. The summed E-state index contributed by atoms with van der Waals surface area (Å²) < 4.78 is 25.7. The van der Waals surface area contributed by atoms with E-state index in [0.717, 1.165) is 22.9 Å². The van der Waals surface area contributed by atoms with E-state index in [1.165, 1.54) is 0 Å². The number of nitriles is 1. The molecule has 0 saturated heterocycles. The number of rotatable bonds is 5. The summed E-state index contributed by atoms with van der Waals surface area (Å²) in [5.74, 6) is -2.24. The summed E-state index contributed by atoms with van der Waals surface area (Å²) in [5.41, 5.74) is -1.27. The molecule has 0 radical (unpaired) electrons. The topological polar surface area (TPSA) is 132 Å². The Hall–Kier alpha value is -4.91. The Bertz CT molecular complexity index is 1410. The van der Waals surface area contributed by atoms with Gasteiger partial charge in [-0.25, -0.2) is 9.29 Å². The molecule has 0 atom stereocenters. The van der Waals surface area contributed by atoms with E-state index >= 15 is 0 Å². The second kappa shape index (κ2) is 8.32. The molecule has 0 bridgehead atoms. The van der Waals surface area contributed by atoms with Crippen LogP contribution in [-0.4, -0.2) is 25.0 Å². The van der Waals surface area contributed by atoms with Gasteiger partial charge in [0.1, 0.15) is 40.9 Å². The van der Waals surface area contributed by atoms with E-state index < -0.39 is 35.1 Å². The van der Waals surface area contributed by atoms with E-state index in [9.17, 15) is 29.1 Å². The Balaban J connectivity index is 1.70. The van der Waals surface area contributed by atoms with Gasteiger partial charge in [-0.2, -0.15) is 5.26 Å². The number of hydrogen-bond acceptors (Lipinski definition) is 7. The lowest BCUT2D eigenvalue weighted by Crippen LogP contribution is -2.40. The molecule has 33 heavy (non-hydrogen) atoms. The Morgan fingerprint density at radius 2 is 1.76 bits per heavy atom. The summed E-state index contributed by atoms with van der Waals surface area (Å²) in [6.07, 6.45) is -1.10. The average Bonchev–Trinajstić information content (AvgIpc) is 3.06. The molecule has 0 fully saturated rings. The van der Waals surface area contributed by atoms with Crippen molar-refractivity contribution < 1.29 is 33.4 Å². The smallest absolute Gasteiger partial charge is 0.282 e. The summed E-state index contributed by atoms with van der Waals surface area (Å²) in [7, 11) is 1.55. The predicted molar refractivity (Wildman–Crippen MR) is 111 cm³/mol. The van der Waals surface area contributed by atoms with Crippen LogP contribution in [0.1, 0.15) is 5.56 Å². The number of anilines is 1. The van der Waals surface area contributed by atoms with Gasteiger partial charge >= 0.3 is 0 Å². The third-order valence-corrected chi connectivity index (χ3v) is 4.82. The number of carbonyl (C=O) groups excluding carboxylic acids is 3. The van der Waals surface area contributed by atoms with Gasteiger partial charge in [0.2, 0.25) is 0 Å². The van der Waals surface area contributed by atoms with Crippen LogP contribution >= 0.6 is 0 Å². The van der Waals surface area contributed by atoms with Gasteiger partial charge < -0.3 is 24.7 Å². The van der Waals surface area contributed by atoms with Gasteiger partial charge in [-0.05, 0) is 41.1 Å². The minimum Gasteiger partial charge on any atom is -0.530 e. The second-order valence-electron chi connectivity index (χ2n) is 6.84. The van der Waals surface area contributed by atoms with E-state index in [-0.39, 0.29) is 11.3 Å². The molecule has 0 unspecified atom stereocenters. The highest BCUT2D eigenvalue weighted by atomic mass is 19.1. The molecule has 1 aliphatic rings. The molecule has 164 valence electrons. The van der Waals surface area contributed by atoms with E-state index in [2.05, 4.69) is 0 Å². The number of methoxy groups -OCH3 is 1. The summed E-state index contributed by atoms with van der Waals surface area (Å²) in [4.78, 5) is 35.8. The van der Waals surface area contributed by atoms with Crippen molar-refractivity contribution in [3.63, 3.8) is 0 Å². The molecule has 3 amide bonds. The number of benzene rings is 3. The zero-order valence-corrected chi connectivity index (χ0v) is 16.9. The molecule has 9 nitrogen and oxygen atoms in total. The van der Waals surface area contributed by atoms with Crippen molar-refractivity contribution in [2.24, 2.45) is 0 Å². The van der Waals surface area contributed by atoms with Crippen LogP contribution in [0.5, 0.6) is 17.2 Å². The number of ether oxygens (including phenoxy) is 2. The molecule has 0 spiro atoms. The highest BCUT2D eigenvalue weighted by Gasteiger charge is 2.35. The molecule has 3 aromatic rings. The standard InChI is InChI=1S/C23H14FN3O6/c1-32-15-4-2-13-7-16(5-3-12(13)6-15)33-20-10-19(17(24)8-14(20)11-25)27-21(28)9-18(22(27)29)26-23(30)31/h2-10,26H,1H3,(H,30,31)/p-1. The van der Waals surface area contributed by atoms with Gasteiger partial charge in [-0.3, -0.25) is 9.59 Å². The minimum absolute atomic E-state index is 0.108. The fourth-order valence-electron chi connectivity index (χ4n) is 3.30. The number of nitrogens with zero attached hydrogens (tertiary/aromatic N) is 2. The number of carbonyl (C=O) groups is 3. The molecule has 1 aliphatic heterocycles. The van der Waals surface area contributed by atoms with Crippen molar-refractivity contribution >= 4 is 34.4 Å². The van der Waals surface area contributed by atoms with Crippen LogP contribution in [0.4, 0.5) is 14.9 Å². The molecule has 0 saturated carbocycles. The third-order valence-electron chi connectivity index (χ3n) is 4.82. The summed E-state index contributed by atoms with van der Waals surface area (Å²) in [6.45, 7) is 0. The van der Waals surface area contributed by atoms with Crippen LogP contribution in [0, 0.1) is 17.1 Å². The normalized spacial score (nSPS) is 13.0. The number of halogens is 1. The van der Waals surface area contributed by atoms with E-state index in [1.54, 1.807) is 48.8 Å². The maximum absolute atomic E-state index is 14.7. The van der Waals surface area contributed by atoms with Gasteiger partial charge in [0.15, 0.2) is 0 Å². The van der Waals surface area contributed by atoms with Crippen molar-refractivity contribution in [2.45, 2.75) is 0 Å². The Kier molecular flexibility index (Phi) is 5.37. The van der Waals surface area contributed by atoms with Crippen molar-refractivity contribution in [2.75, 3.05) is 12.0 Å². The van der Waals surface area contributed by atoms with Crippen LogP contribution < -0.4 is 24.8 Å². The lowest BCUT2D eigenvalue weighted by molar-refractivity contribution is -0.249. The summed E-state index contributed by atoms with van der Waals surface area (Å²) in [6, 6.07) is 14.1. The Morgan fingerprint density at radius 3 is 2.39 bits per heavy atom. The predicted octanol–water partition coefficient (Wildman–Crippen LogP) is 2.34. The first-order chi connectivity index (χ1) is 15.8. The monoisotopic (exact) mass is 446 g/mol. The van der Waals surface area contributed by atoms with Crippen molar-refractivity contribution in [1.29, 1.82) is 5.26 Å². The first-order valence-electron chi connectivity index (χ1n) is 9.38. The van der Waals surface area contributed by atoms with Crippen molar-refractivity contribution in [3.05, 3.63) is 71.7 Å². The zero-order valence-electron chi connectivity index (χ0n) is 16.9. The van der Waals surface area contributed by atoms with Gasteiger partial charge in [-0.1, -0.05) is 12.1 Å². The van der Waals surface area contributed by atoms with Gasteiger partial charge in [-0.15, -0.1) is 0 Å². The number of fused-ring (bicyclic) bond motifs is 1. The fourth-order valence-corrected chi connectivity index (χ4v) is 3.30. The number of carboxylic acid groups (broad SMARTS) is 1. The molecular formula is C23H13FN3O6-. The number of amides is 3. The molecule has 1 N–H and O–H groups in total. The van der Waals surface area contributed by atoms with Crippen LogP contribution in [0.3, 0.4) is 0 Å². The van der Waals surface area contributed by atoms with E-state index in [0.29, 0.717) is 22.5 Å². The van der Waals surface area contributed by atoms with Crippen LogP contribution in [0.25, 0.3) is 10.8 Å². The zero-order chi connectivity index (χ0) is 23.7. The molecule has 1 heterocycles. The largest absolute Gasteiger partial charge is 0.530 e. The highest BCUT2D eigenvalue weighted by molar-refractivity contribution is 6.31. The van der Waals surface area contributed by atoms with Gasteiger partial charge in [0.25, 0.3) is 11.8 Å². The highest BCUT2D eigenvalue weighted by Crippen LogP contribution is 2.35. The second-order valence-corrected chi connectivity index (χ2v) is 6.84. The maximum atomic E-state index is 14.7. The first-order valence-corrected chi connectivity index (χ1v) is 9.38. The maximum Gasteiger partial charge on any atom is 0.282 e. The molecule has 4 rings (SSSR count). The molecular weight excluding hydrogens is 433 g/mol. The number of imide groups is 1. The van der Waals surface area contributed by atoms with Crippen LogP contribution in [-0.2, 0) is 9.59 Å². The first kappa shape index (κ1) is 21.3. The molecule has 0 aliphatic carbocycles. The van der Waals surface area contributed by atoms with Crippen LogP contribution in [0.2, 0.25) is 0 Å². The lowest BCUT2D eigenvalue weighted by atomic mass is 10.1. The van der Waals surface area contributed by atoms with Gasteiger partial charge in [0, 0.05) is 12.1 Å². The molecule has 0 aromatic heterocycles. The SMILES string of the molecule is COc1ccc2cc(Oc3cc(N4C(=O)C=C(NC(=O)[O-])C4=O)c(F)cc3C#N)ccc2c1. The van der Waals surface area contributed by atoms with Gasteiger partial charge in [0.05, 0.1) is 18.4 Å². The molecule has 3 aromatic carbocycles. The van der Waals surface area contributed by atoms with Crippen molar-refractivity contribution in [3.8, 4) is 23.3 Å². The van der Waals surface area contributed by atoms with Crippen LogP contribution in [0.15, 0.2) is 60.3 Å². The number of nitrogens with one attached hydrogen (secondary N) is 1. The number of hydrogen-bond donors (Lipinski definition) is 1. The quantitative estimate of drug-likeness (QED) is 0.595. The average molecular weight is 446 g/mol. The fraction of sp³-hybridized carbons (Fsp3) is 0.0435. The lowest BCUT2D eigenvalue weighted by Gasteiger charge is -2.18. The minimum atomic E-state index is -1.80.